The minimum atomic E-state index is -0.724. The van der Waals surface area contributed by atoms with E-state index in [0.717, 1.165) is 16.7 Å². The number of nitrogens with one attached hydrogen (secondary N) is 4. The zero-order valence-electron chi connectivity index (χ0n) is 48.9. The van der Waals surface area contributed by atoms with Gasteiger partial charge in [0, 0.05) is 77.3 Å². The monoisotopic (exact) mass is 1160 g/mol. The van der Waals surface area contributed by atoms with Crippen molar-refractivity contribution in [2.75, 3.05) is 21.3 Å². The number of nitriles is 2. The van der Waals surface area contributed by atoms with Crippen LogP contribution in [0.25, 0.3) is 4.85 Å². The van der Waals surface area contributed by atoms with Crippen molar-refractivity contribution in [2.24, 2.45) is 0 Å². The van der Waals surface area contributed by atoms with E-state index in [4.69, 9.17) is 6.57 Å². The third-order valence-corrected chi connectivity index (χ3v) is 13.6. The van der Waals surface area contributed by atoms with Crippen molar-refractivity contribution < 1.29 is 29.2 Å². The van der Waals surface area contributed by atoms with E-state index in [2.05, 4.69) is 73.8 Å². The smallest absolute Gasteiger partial charge is 0.308 e. The lowest BCUT2D eigenvalue weighted by molar-refractivity contribution is -0.385. The highest BCUT2D eigenvalue weighted by Gasteiger charge is 2.25. The van der Waals surface area contributed by atoms with E-state index in [1.54, 1.807) is 42.5 Å². The number of ketones is 1. The maximum atomic E-state index is 13.8. The zero-order valence-corrected chi connectivity index (χ0v) is 48.9. The van der Waals surface area contributed by atoms with E-state index in [-0.39, 0.29) is 103 Å². The molecule has 0 spiro atoms. The highest BCUT2D eigenvalue weighted by atomic mass is 16.6. The first-order chi connectivity index (χ1) is 41.1. The van der Waals surface area contributed by atoms with Gasteiger partial charge in [-0.1, -0.05) is 134 Å². The molecular formula is C68H56N10O9. The lowest BCUT2D eigenvalue weighted by Gasteiger charge is -2.20. The Bertz CT molecular complexity index is 3840. The largest absolute Gasteiger partial charge is 0.323 e. The fourth-order valence-corrected chi connectivity index (χ4v) is 8.73. The number of hydrogen-bond acceptors (Lipinski definition) is 11. The van der Waals surface area contributed by atoms with Crippen molar-refractivity contribution in [3.8, 4) is 47.7 Å². The number of carbonyl (C=O) groups excluding carboxylic acids is 3. The van der Waals surface area contributed by atoms with Gasteiger partial charge in [0.05, 0.1) is 60.5 Å². The number of Topliss-reactive ketones (excluding diaryl/α,β-unsaturated/α-hetero) is 1. The number of nitro benzene ring substituents is 3. The molecule has 0 bridgehead atoms. The number of rotatable bonds is 11. The topological polar surface area (TPSA) is 281 Å². The van der Waals surface area contributed by atoms with Crippen LogP contribution in [-0.2, 0) is 33.9 Å². The molecule has 0 heterocycles. The maximum absolute atomic E-state index is 13.8. The number of nitro groups is 3. The highest BCUT2D eigenvalue weighted by Crippen LogP contribution is 2.36. The third-order valence-electron chi connectivity index (χ3n) is 13.6. The summed E-state index contributed by atoms with van der Waals surface area (Å²) in [4.78, 5) is 77.0. The average Bonchev–Trinajstić information content (AvgIpc) is 0.956. The van der Waals surface area contributed by atoms with Crippen LogP contribution in [0.5, 0.6) is 0 Å². The molecule has 0 aliphatic heterocycles. The summed E-state index contributed by atoms with van der Waals surface area (Å²) >= 11 is 0. The Balaban J connectivity index is 1.45. The van der Waals surface area contributed by atoms with Crippen LogP contribution in [0.15, 0.2) is 127 Å². The lowest BCUT2D eigenvalue weighted by atomic mass is 9.84. The molecule has 4 amide bonds. The maximum Gasteiger partial charge on any atom is 0.323 e. The summed E-state index contributed by atoms with van der Waals surface area (Å²) in [7, 11) is 0. The molecule has 432 valence electrons. The Labute approximate surface area is 502 Å². The molecule has 0 aliphatic rings. The van der Waals surface area contributed by atoms with Gasteiger partial charge in [-0.3, -0.25) is 35.1 Å². The molecule has 0 fully saturated rings. The molecule has 7 rings (SSSR count). The molecule has 0 aliphatic carbocycles. The van der Waals surface area contributed by atoms with Crippen molar-refractivity contribution in [3.63, 3.8) is 0 Å². The van der Waals surface area contributed by atoms with Gasteiger partial charge in [0.1, 0.15) is 17.9 Å². The highest BCUT2D eigenvalue weighted by molar-refractivity contribution is 6.02. The van der Waals surface area contributed by atoms with Crippen molar-refractivity contribution in [2.45, 2.75) is 91.4 Å². The molecule has 0 saturated heterocycles. The van der Waals surface area contributed by atoms with Gasteiger partial charge in [0.2, 0.25) is 5.69 Å². The number of carbonyl (C=O) groups is 3. The van der Waals surface area contributed by atoms with E-state index >= 15 is 0 Å². The van der Waals surface area contributed by atoms with E-state index in [1.807, 2.05) is 74.4 Å². The minimum Gasteiger partial charge on any atom is -0.308 e. The summed E-state index contributed by atoms with van der Waals surface area (Å²) < 4.78 is 0. The van der Waals surface area contributed by atoms with Gasteiger partial charge in [-0.15, -0.1) is 0 Å². The van der Waals surface area contributed by atoms with Crippen molar-refractivity contribution in [1.82, 2.24) is 0 Å². The van der Waals surface area contributed by atoms with Crippen LogP contribution in [0, 0.1) is 95.1 Å². The SMILES string of the molecule is [C-]#[N+]c1c(C#Cc2cc(C(C)(C)C)ccc2CC(=O)Cc2ccc([N+](=O)[O-])cc2)c(C#N)c(C#Cc2cc(C(C)(C)C)ccc2NC(=O)Nc2ccc([N+](=O)[O-])cc2)c(C#N)c1C#Cc1cc(C(C)(C)C)ccc1NC(=O)Nc1ccc([N+](=O)[O-])cc1. The molecule has 7 aromatic rings. The standard InChI is InChI=1S/C68H56N10O9/c1-66(2,3)47-17-13-44(39-55(79)35-42-11-24-52(25-12-42)76(82)83)43(36-47)14-31-57-59(40-69)56(30-15-45-37-48(67(4,5)6)18-33-61(45)74-64(80)72-50-20-26-53(27-21-50)77(84)85)60(41-70)58(63(57)71-10)32-16-46-38-49(68(7,8)9)19-34-62(46)75-65(81)73-51-22-28-54(29-23-51)78(86)87/h11-13,17-29,33-34,36-38H,35,39H2,1-9H3,(H2,72,74,80)(H2,73,75,81). The van der Waals surface area contributed by atoms with Gasteiger partial charge in [0.25, 0.3) is 17.1 Å². The van der Waals surface area contributed by atoms with Crippen LogP contribution in [0.4, 0.5) is 55.1 Å². The lowest BCUT2D eigenvalue weighted by Crippen LogP contribution is -2.20. The van der Waals surface area contributed by atoms with E-state index < -0.39 is 43.1 Å². The summed E-state index contributed by atoms with van der Waals surface area (Å²) in [6, 6.07) is 34.8. The van der Waals surface area contributed by atoms with Gasteiger partial charge in [0.15, 0.2) is 0 Å². The molecule has 0 saturated carbocycles. The zero-order chi connectivity index (χ0) is 63.5. The number of non-ortho nitro benzene ring substituents is 3. The first kappa shape index (κ1) is 62.7. The Morgan fingerprint density at radius 3 is 1.18 bits per heavy atom. The molecular weight excluding hydrogens is 1100 g/mol. The van der Waals surface area contributed by atoms with Gasteiger partial charge in [-0.05, 0) is 98.7 Å². The van der Waals surface area contributed by atoms with Crippen LogP contribution >= 0.6 is 0 Å². The molecule has 0 unspecified atom stereocenters. The van der Waals surface area contributed by atoms with Crippen molar-refractivity contribution in [3.05, 3.63) is 241 Å². The van der Waals surface area contributed by atoms with Crippen LogP contribution in [0.1, 0.15) is 135 Å². The Morgan fingerprint density at radius 2 is 0.816 bits per heavy atom. The number of benzene rings is 7. The first-order valence-corrected chi connectivity index (χ1v) is 26.9. The Morgan fingerprint density at radius 1 is 0.460 bits per heavy atom. The first-order valence-electron chi connectivity index (χ1n) is 26.9. The predicted octanol–water partition coefficient (Wildman–Crippen LogP) is 14.4. The Hall–Kier alpha value is -11.9. The van der Waals surface area contributed by atoms with Crippen LogP contribution in [0.2, 0.25) is 0 Å². The van der Waals surface area contributed by atoms with Gasteiger partial charge in [-0.2, -0.15) is 10.5 Å². The number of hydrogen-bond donors (Lipinski definition) is 4. The second-order valence-electron chi connectivity index (χ2n) is 23.0. The van der Waals surface area contributed by atoms with Crippen LogP contribution in [-0.4, -0.2) is 32.6 Å². The molecule has 87 heavy (non-hydrogen) atoms. The molecule has 19 nitrogen and oxygen atoms in total. The minimum absolute atomic E-state index is 0.0489. The number of urea groups is 2. The van der Waals surface area contributed by atoms with E-state index in [1.165, 1.54) is 72.8 Å². The second-order valence-corrected chi connectivity index (χ2v) is 23.0. The third kappa shape index (κ3) is 15.8. The molecule has 0 atom stereocenters. The summed E-state index contributed by atoms with van der Waals surface area (Å²) in [5.74, 6) is 18.2. The number of amides is 4. The molecule has 7 aromatic carbocycles. The molecule has 0 aromatic heterocycles. The van der Waals surface area contributed by atoms with Crippen LogP contribution in [0.3, 0.4) is 0 Å². The van der Waals surface area contributed by atoms with Gasteiger partial charge < -0.3 is 21.3 Å². The van der Waals surface area contributed by atoms with Crippen molar-refractivity contribution in [1.29, 1.82) is 10.5 Å². The van der Waals surface area contributed by atoms with Gasteiger partial charge in [-0.25, -0.2) is 14.4 Å². The summed E-state index contributed by atoms with van der Waals surface area (Å²) in [5.41, 5.74) is 2.16. The summed E-state index contributed by atoms with van der Waals surface area (Å²) in [6.07, 6.45) is -0.161. The van der Waals surface area contributed by atoms with Crippen LogP contribution < -0.4 is 21.3 Å². The second kappa shape index (κ2) is 26.1. The normalized spacial score (nSPS) is 10.8. The summed E-state index contributed by atoms with van der Waals surface area (Å²) in [6.45, 7) is 26.5. The van der Waals surface area contributed by atoms with E-state index in [0.29, 0.717) is 16.7 Å². The molecule has 4 N–H and O–H groups in total. The number of anilines is 4. The predicted molar refractivity (Wildman–Crippen MR) is 332 cm³/mol. The van der Waals surface area contributed by atoms with Crippen molar-refractivity contribution >= 4 is 63.3 Å². The fourth-order valence-electron chi connectivity index (χ4n) is 8.73. The molecule has 19 heteroatoms. The fraction of sp³-hybridized carbons (Fsp3) is 0.206. The summed E-state index contributed by atoms with van der Waals surface area (Å²) in [5, 5.41) is 67.2. The Kier molecular flexibility index (Phi) is 18.8. The van der Waals surface area contributed by atoms with Gasteiger partial charge >= 0.3 is 12.1 Å². The average molecular weight is 1160 g/mol. The number of nitrogens with zero attached hydrogens (tertiary/aromatic N) is 6. The molecule has 0 radical (unpaired) electrons. The van der Waals surface area contributed by atoms with E-state index in [9.17, 15) is 55.3 Å². The quantitative estimate of drug-likeness (QED) is 0.0409.